The zero-order chi connectivity index (χ0) is 20.0. The van der Waals surface area contributed by atoms with E-state index in [1.165, 1.54) is 25.3 Å². The number of nitrogens with one attached hydrogen (secondary N) is 1. The second kappa shape index (κ2) is 9.00. The molecule has 0 heterocycles. The number of hydrogen-bond donors (Lipinski definition) is 1. The number of hydrogen-bond acceptors (Lipinski definition) is 7. The zero-order valence-corrected chi connectivity index (χ0v) is 15.8. The minimum atomic E-state index is -0.635. The molecule has 144 valence electrons. The van der Waals surface area contributed by atoms with E-state index in [1.807, 2.05) is 43.3 Å². The Hall–Kier alpha value is -3.13. The second-order valence-electron chi connectivity index (χ2n) is 6.12. The third-order valence-electron chi connectivity index (χ3n) is 4.21. The summed E-state index contributed by atoms with van der Waals surface area (Å²) in [5, 5.41) is 14.2. The third-order valence-corrected chi connectivity index (χ3v) is 4.21. The van der Waals surface area contributed by atoms with Crippen LogP contribution in [0.15, 0.2) is 42.5 Å². The van der Waals surface area contributed by atoms with Crippen LogP contribution in [-0.4, -0.2) is 50.7 Å². The van der Waals surface area contributed by atoms with E-state index < -0.39 is 10.9 Å². The Balaban J connectivity index is 2.28. The zero-order valence-electron chi connectivity index (χ0n) is 15.8. The molecule has 2 aromatic rings. The summed E-state index contributed by atoms with van der Waals surface area (Å²) in [4.78, 5) is 24.5. The molecule has 0 spiro atoms. The molecule has 0 saturated carbocycles. The lowest BCUT2D eigenvalue weighted by molar-refractivity contribution is -0.384. The van der Waals surface area contributed by atoms with E-state index >= 15 is 0 Å². The highest BCUT2D eigenvalue weighted by Gasteiger charge is 2.20. The van der Waals surface area contributed by atoms with Crippen LogP contribution in [0.1, 0.15) is 22.0 Å². The van der Waals surface area contributed by atoms with E-state index in [-0.39, 0.29) is 17.3 Å². The Kier molecular flexibility index (Phi) is 6.73. The number of benzene rings is 2. The Morgan fingerprint density at radius 3 is 2.56 bits per heavy atom. The molecule has 0 unspecified atom stereocenters. The predicted octanol–water partition coefficient (Wildman–Crippen LogP) is 3.10. The van der Waals surface area contributed by atoms with Gasteiger partial charge >= 0.3 is 5.97 Å². The van der Waals surface area contributed by atoms with Crippen molar-refractivity contribution in [1.82, 2.24) is 4.90 Å². The van der Waals surface area contributed by atoms with E-state index in [1.54, 1.807) is 7.11 Å². The number of non-ortho nitro benzene ring substituents is 1. The molecule has 1 N–H and O–H groups in total. The van der Waals surface area contributed by atoms with Crippen LogP contribution in [0.2, 0.25) is 0 Å². The summed E-state index contributed by atoms with van der Waals surface area (Å²) >= 11 is 0. The molecule has 0 bridgehead atoms. The number of likely N-dealkylation sites (N-methyl/N-ethyl adjacent to an activating group) is 1. The van der Waals surface area contributed by atoms with Crippen molar-refractivity contribution in [3.63, 3.8) is 0 Å². The Bertz CT molecular complexity index is 823. The normalized spacial score (nSPS) is 11.7. The monoisotopic (exact) mass is 373 g/mol. The Morgan fingerprint density at radius 2 is 1.96 bits per heavy atom. The number of nitrogens with zero attached hydrogens (tertiary/aromatic N) is 2. The lowest BCUT2D eigenvalue weighted by Crippen LogP contribution is -2.27. The smallest absolute Gasteiger partial charge is 0.340 e. The van der Waals surface area contributed by atoms with Gasteiger partial charge in [-0.25, -0.2) is 4.79 Å². The topological polar surface area (TPSA) is 93.9 Å². The van der Waals surface area contributed by atoms with Gasteiger partial charge in [-0.2, -0.15) is 0 Å². The van der Waals surface area contributed by atoms with Crippen molar-refractivity contribution < 1.29 is 19.2 Å². The summed E-state index contributed by atoms with van der Waals surface area (Å²) in [6.07, 6.45) is 0. The summed E-state index contributed by atoms with van der Waals surface area (Å²) < 4.78 is 10.0. The van der Waals surface area contributed by atoms with Gasteiger partial charge in [-0.3, -0.25) is 10.1 Å². The Labute approximate surface area is 157 Å². The molecule has 0 saturated heterocycles. The molecule has 8 nitrogen and oxygen atoms in total. The lowest BCUT2D eigenvalue weighted by Gasteiger charge is -2.26. The minimum absolute atomic E-state index is 0.0132. The van der Waals surface area contributed by atoms with Crippen molar-refractivity contribution in [2.45, 2.75) is 6.04 Å². The molecular formula is C19H23N3O5. The number of nitro groups is 1. The largest absolute Gasteiger partial charge is 0.497 e. The van der Waals surface area contributed by atoms with Crippen molar-refractivity contribution in [2.75, 3.05) is 40.2 Å². The van der Waals surface area contributed by atoms with Crippen LogP contribution in [0.4, 0.5) is 11.4 Å². The molecule has 8 heteroatoms. The van der Waals surface area contributed by atoms with Crippen LogP contribution < -0.4 is 10.1 Å². The third kappa shape index (κ3) is 4.95. The first-order chi connectivity index (χ1) is 12.9. The van der Waals surface area contributed by atoms with Crippen molar-refractivity contribution in [3.05, 3.63) is 63.7 Å². The molecule has 0 aliphatic rings. The van der Waals surface area contributed by atoms with Crippen molar-refractivity contribution >= 4 is 17.3 Å². The van der Waals surface area contributed by atoms with Crippen LogP contribution in [0, 0.1) is 10.1 Å². The van der Waals surface area contributed by atoms with Gasteiger partial charge in [0.05, 0.1) is 30.7 Å². The van der Waals surface area contributed by atoms with Gasteiger partial charge in [0.25, 0.3) is 5.69 Å². The summed E-state index contributed by atoms with van der Waals surface area (Å²) in [5.41, 5.74) is 1.46. The maximum Gasteiger partial charge on any atom is 0.340 e. The average Bonchev–Trinajstić information content (AvgIpc) is 2.67. The van der Waals surface area contributed by atoms with E-state index in [4.69, 9.17) is 9.47 Å². The summed E-state index contributed by atoms with van der Waals surface area (Å²) in [6, 6.07) is 11.8. The minimum Gasteiger partial charge on any atom is -0.497 e. The number of esters is 1. The molecule has 2 rings (SSSR count). The molecule has 0 radical (unpaired) electrons. The number of methoxy groups -OCH3 is 2. The molecule has 0 fully saturated rings. The summed E-state index contributed by atoms with van der Waals surface area (Å²) in [7, 11) is 6.75. The maximum atomic E-state index is 12.0. The van der Waals surface area contributed by atoms with Gasteiger partial charge in [0.1, 0.15) is 5.75 Å². The fourth-order valence-electron chi connectivity index (χ4n) is 2.73. The molecule has 0 amide bonds. The summed E-state index contributed by atoms with van der Waals surface area (Å²) in [6.45, 7) is 0.474. The summed E-state index contributed by atoms with van der Waals surface area (Å²) in [5.74, 6) is 0.119. The fourth-order valence-corrected chi connectivity index (χ4v) is 2.73. The van der Waals surface area contributed by atoms with E-state index in [9.17, 15) is 14.9 Å². The molecule has 0 aliphatic carbocycles. The molecular weight excluding hydrogens is 350 g/mol. The predicted molar refractivity (Wildman–Crippen MR) is 102 cm³/mol. The average molecular weight is 373 g/mol. The SMILES string of the molecule is COC(=O)c1cc([N+](=O)[O-])ccc1NC[C@@H](c1cccc(OC)c1)N(C)C. The molecule has 0 aromatic heterocycles. The number of carbonyl (C=O) groups excluding carboxylic acids is 1. The lowest BCUT2D eigenvalue weighted by atomic mass is 10.0. The number of rotatable bonds is 8. The number of ether oxygens (including phenoxy) is 2. The highest BCUT2D eigenvalue weighted by Crippen LogP contribution is 2.26. The number of nitro benzene ring substituents is 1. The van der Waals surface area contributed by atoms with Crippen molar-refractivity contribution in [2.24, 2.45) is 0 Å². The van der Waals surface area contributed by atoms with Gasteiger partial charge in [0, 0.05) is 24.4 Å². The second-order valence-corrected chi connectivity index (χ2v) is 6.12. The highest BCUT2D eigenvalue weighted by atomic mass is 16.6. The fraction of sp³-hybridized carbons (Fsp3) is 0.316. The number of anilines is 1. The van der Waals surface area contributed by atoms with Crippen LogP contribution in [-0.2, 0) is 4.74 Å². The van der Waals surface area contributed by atoms with Gasteiger partial charge < -0.3 is 19.7 Å². The van der Waals surface area contributed by atoms with Gasteiger partial charge in [0.2, 0.25) is 0 Å². The van der Waals surface area contributed by atoms with Crippen molar-refractivity contribution in [1.29, 1.82) is 0 Å². The maximum absolute atomic E-state index is 12.0. The standard InChI is InChI=1S/C19H23N3O5/c1-21(2)18(13-6-5-7-15(10-13)26-3)12-20-17-9-8-14(22(24)25)11-16(17)19(23)27-4/h5-11,18,20H,12H2,1-4H3/t18-/m0/s1. The molecule has 1 atom stereocenters. The first-order valence-corrected chi connectivity index (χ1v) is 8.28. The van der Waals surface area contributed by atoms with Gasteiger partial charge in [-0.05, 0) is 37.9 Å². The van der Waals surface area contributed by atoms with Gasteiger partial charge in [-0.15, -0.1) is 0 Å². The van der Waals surface area contributed by atoms with Gasteiger partial charge in [-0.1, -0.05) is 12.1 Å². The first-order valence-electron chi connectivity index (χ1n) is 8.28. The highest BCUT2D eigenvalue weighted by molar-refractivity contribution is 5.96. The quantitative estimate of drug-likeness (QED) is 0.432. The Morgan fingerprint density at radius 1 is 1.22 bits per heavy atom. The molecule has 2 aromatic carbocycles. The van der Waals surface area contributed by atoms with Crippen molar-refractivity contribution in [3.8, 4) is 5.75 Å². The number of carbonyl (C=O) groups is 1. The van der Waals surface area contributed by atoms with Gasteiger partial charge in [0.15, 0.2) is 0 Å². The molecule has 0 aliphatic heterocycles. The molecule has 27 heavy (non-hydrogen) atoms. The van der Waals surface area contributed by atoms with Crippen LogP contribution >= 0.6 is 0 Å². The van der Waals surface area contributed by atoms with Crippen LogP contribution in [0.25, 0.3) is 0 Å². The first kappa shape index (κ1) is 20.2. The van der Waals surface area contributed by atoms with E-state index in [2.05, 4.69) is 5.32 Å². The van der Waals surface area contributed by atoms with Crippen LogP contribution in [0.3, 0.4) is 0 Å². The van der Waals surface area contributed by atoms with E-state index in [0.29, 0.717) is 12.2 Å². The van der Waals surface area contributed by atoms with E-state index in [0.717, 1.165) is 11.3 Å². The van der Waals surface area contributed by atoms with Crippen LogP contribution in [0.5, 0.6) is 5.75 Å².